The third kappa shape index (κ3) is 4.96. The van der Waals surface area contributed by atoms with Crippen LogP contribution in [-0.2, 0) is 11.3 Å². The molecule has 0 aliphatic heterocycles. The highest BCUT2D eigenvalue weighted by molar-refractivity contribution is 9.11. The first-order valence-corrected chi connectivity index (χ1v) is 7.16. The van der Waals surface area contributed by atoms with Crippen molar-refractivity contribution in [3.63, 3.8) is 0 Å². The summed E-state index contributed by atoms with van der Waals surface area (Å²) in [4.78, 5) is 10.5. The standard InChI is InChI=1S/C12H15Br2NO3/c1-2-3-18-12-8(6-15-7-11(16)17)4-9(13)5-10(12)14/h4-5,15H,2-3,6-7H2,1H3,(H,16,17). The molecule has 2 N–H and O–H groups in total. The first-order chi connectivity index (χ1) is 8.54. The molecule has 4 nitrogen and oxygen atoms in total. The van der Waals surface area contributed by atoms with Gasteiger partial charge in [0.2, 0.25) is 0 Å². The van der Waals surface area contributed by atoms with E-state index in [1.165, 1.54) is 0 Å². The Labute approximate surface area is 123 Å². The van der Waals surface area contributed by atoms with E-state index in [4.69, 9.17) is 9.84 Å². The van der Waals surface area contributed by atoms with E-state index >= 15 is 0 Å². The molecule has 6 heteroatoms. The summed E-state index contributed by atoms with van der Waals surface area (Å²) >= 11 is 6.86. The average molecular weight is 381 g/mol. The van der Waals surface area contributed by atoms with Gasteiger partial charge < -0.3 is 15.2 Å². The number of benzene rings is 1. The van der Waals surface area contributed by atoms with Crippen molar-refractivity contribution in [3.8, 4) is 5.75 Å². The molecule has 0 atom stereocenters. The molecular weight excluding hydrogens is 366 g/mol. The SMILES string of the molecule is CCCOc1c(Br)cc(Br)cc1CNCC(=O)O. The Hall–Kier alpha value is -0.590. The molecule has 0 fully saturated rings. The Morgan fingerprint density at radius 2 is 2.17 bits per heavy atom. The first-order valence-electron chi connectivity index (χ1n) is 5.57. The lowest BCUT2D eigenvalue weighted by Crippen LogP contribution is -2.22. The molecule has 0 saturated heterocycles. The van der Waals surface area contributed by atoms with Crippen LogP contribution in [0.1, 0.15) is 18.9 Å². The summed E-state index contributed by atoms with van der Waals surface area (Å²) in [6, 6.07) is 3.83. The second-order valence-corrected chi connectivity index (χ2v) is 5.49. The number of carbonyl (C=O) groups is 1. The van der Waals surface area contributed by atoms with Crippen LogP contribution in [-0.4, -0.2) is 24.2 Å². The van der Waals surface area contributed by atoms with Crippen LogP contribution in [0.2, 0.25) is 0 Å². The van der Waals surface area contributed by atoms with Gasteiger partial charge in [-0.05, 0) is 34.5 Å². The van der Waals surface area contributed by atoms with Gasteiger partial charge in [-0.3, -0.25) is 4.79 Å². The Morgan fingerprint density at radius 3 is 2.78 bits per heavy atom. The normalized spacial score (nSPS) is 10.4. The van der Waals surface area contributed by atoms with Crippen molar-refractivity contribution in [3.05, 3.63) is 26.6 Å². The number of hydrogen-bond donors (Lipinski definition) is 2. The highest BCUT2D eigenvalue weighted by Crippen LogP contribution is 2.33. The van der Waals surface area contributed by atoms with Crippen molar-refractivity contribution in [2.24, 2.45) is 0 Å². The van der Waals surface area contributed by atoms with Gasteiger partial charge in [0.25, 0.3) is 0 Å². The average Bonchev–Trinajstić information content (AvgIpc) is 2.27. The molecule has 0 bridgehead atoms. The molecule has 0 aromatic heterocycles. The quantitative estimate of drug-likeness (QED) is 0.762. The topological polar surface area (TPSA) is 58.6 Å². The highest BCUT2D eigenvalue weighted by atomic mass is 79.9. The molecule has 18 heavy (non-hydrogen) atoms. The first kappa shape index (κ1) is 15.5. The molecule has 0 unspecified atom stereocenters. The minimum atomic E-state index is -0.875. The van der Waals surface area contributed by atoms with Crippen LogP contribution in [0.4, 0.5) is 0 Å². The number of rotatable bonds is 7. The molecule has 0 aliphatic rings. The van der Waals surface area contributed by atoms with E-state index in [1.54, 1.807) is 0 Å². The molecule has 0 spiro atoms. The van der Waals surface area contributed by atoms with Crippen LogP contribution in [0.25, 0.3) is 0 Å². The minimum Gasteiger partial charge on any atom is -0.492 e. The lowest BCUT2D eigenvalue weighted by Gasteiger charge is -2.14. The Bertz CT molecular complexity index is 424. The number of nitrogens with one attached hydrogen (secondary N) is 1. The number of halogens is 2. The van der Waals surface area contributed by atoms with Gasteiger partial charge in [0, 0.05) is 16.6 Å². The molecule has 0 heterocycles. The smallest absolute Gasteiger partial charge is 0.317 e. The van der Waals surface area contributed by atoms with E-state index in [1.807, 2.05) is 19.1 Å². The summed E-state index contributed by atoms with van der Waals surface area (Å²) < 4.78 is 7.45. The summed E-state index contributed by atoms with van der Waals surface area (Å²) in [6.07, 6.45) is 0.921. The summed E-state index contributed by atoms with van der Waals surface area (Å²) in [5, 5.41) is 11.5. The maximum atomic E-state index is 10.5. The van der Waals surface area contributed by atoms with Crippen LogP contribution < -0.4 is 10.1 Å². The maximum Gasteiger partial charge on any atom is 0.317 e. The molecule has 1 rings (SSSR count). The number of carboxylic acids is 1. The molecule has 100 valence electrons. The van der Waals surface area contributed by atoms with E-state index < -0.39 is 5.97 Å². The number of aliphatic carboxylic acids is 1. The van der Waals surface area contributed by atoms with Crippen LogP contribution in [0.15, 0.2) is 21.1 Å². The van der Waals surface area contributed by atoms with Gasteiger partial charge in [-0.1, -0.05) is 22.9 Å². The van der Waals surface area contributed by atoms with Crippen LogP contribution in [0, 0.1) is 0 Å². The van der Waals surface area contributed by atoms with Crippen molar-refractivity contribution < 1.29 is 14.6 Å². The zero-order valence-corrected chi connectivity index (χ0v) is 13.2. The number of ether oxygens (including phenoxy) is 1. The third-order valence-electron chi connectivity index (χ3n) is 2.13. The van der Waals surface area contributed by atoms with Gasteiger partial charge in [-0.25, -0.2) is 0 Å². The van der Waals surface area contributed by atoms with Crippen LogP contribution >= 0.6 is 31.9 Å². The summed E-state index contributed by atoms with van der Waals surface area (Å²) in [7, 11) is 0. The van der Waals surface area contributed by atoms with Gasteiger partial charge >= 0.3 is 5.97 Å². The van der Waals surface area contributed by atoms with E-state index in [-0.39, 0.29) is 6.54 Å². The minimum absolute atomic E-state index is 0.0721. The van der Waals surface area contributed by atoms with Crippen molar-refractivity contribution in [1.29, 1.82) is 0 Å². The second-order valence-electron chi connectivity index (χ2n) is 3.72. The van der Waals surface area contributed by atoms with E-state index in [9.17, 15) is 4.79 Å². The van der Waals surface area contributed by atoms with Crippen LogP contribution in [0.3, 0.4) is 0 Å². The van der Waals surface area contributed by atoms with Gasteiger partial charge in [0.05, 0.1) is 17.6 Å². The number of hydrogen-bond acceptors (Lipinski definition) is 3. The lowest BCUT2D eigenvalue weighted by molar-refractivity contribution is -0.136. The predicted molar refractivity (Wildman–Crippen MR) is 77.0 cm³/mol. The second kappa shape index (κ2) is 7.76. The van der Waals surface area contributed by atoms with E-state index in [2.05, 4.69) is 37.2 Å². The van der Waals surface area contributed by atoms with Crippen molar-refractivity contribution >= 4 is 37.8 Å². The van der Waals surface area contributed by atoms with E-state index in [0.717, 1.165) is 26.7 Å². The van der Waals surface area contributed by atoms with Gasteiger partial charge in [0.15, 0.2) is 0 Å². The molecule has 1 aromatic rings. The fourth-order valence-electron chi connectivity index (χ4n) is 1.41. The molecule has 1 aromatic carbocycles. The zero-order chi connectivity index (χ0) is 13.5. The highest BCUT2D eigenvalue weighted by Gasteiger charge is 2.10. The van der Waals surface area contributed by atoms with Crippen molar-refractivity contribution in [1.82, 2.24) is 5.32 Å². The molecule has 0 amide bonds. The van der Waals surface area contributed by atoms with Crippen molar-refractivity contribution in [2.45, 2.75) is 19.9 Å². The third-order valence-corrected chi connectivity index (χ3v) is 3.17. The lowest BCUT2D eigenvalue weighted by atomic mass is 10.2. The maximum absolute atomic E-state index is 10.5. The van der Waals surface area contributed by atoms with Gasteiger partial charge in [-0.15, -0.1) is 0 Å². The molecule has 0 aliphatic carbocycles. The molecular formula is C12H15Br2NO3. The van der Waals surface area contributed by atoms with Gasteiger partial charge in [0.1, 0.15) is 5.75 Å². The van der Waals surface area contributed by atoms with Gasteiger partial charge in [-0.2, -0.15) is 0 Å². The number of carboxylic acid groups (broad SMARTS) is 1. The Balaban J connectivity index is 2.81. The summed E-state index contributed by atoms with van der Waals surface area (Å²) in [5.41, 5.74) is 0.922. The fraction of sp³-hybridized carbons (Fsp3) is 0.417. The predicted octanol–water partition coefficient (Wildman–Crippen LogP) is 3.17. The monoisotopic (exact) mass is 379 g/mol. The molecule has 0 saturated carbocycles. The zero-order valence-electron chi connectivity index (χ0n) is 10.0. The Morgan fingerprint density at radius 1 is 1.44 bits per heavy atom. The van der Waals surface area contributed by atoms with E-state index in [0.29, 0.717) is 13.2 Å². The largest absolute Gasteiger partial charge is 0.492 e. The molecule has 0 radical (unpaired) electrons. The summed E-state index contributed by atoms with van der Waals surface area (Å²) in [6.45, 7) is 3.04. The van der Waals surface area contributed by atoms with Crippen molar-refractivity contribution in [2.75, 3.05) is 13.2 Å². The van der Waals surface area contributed by atoms with Crippen LogP contribution in [0.5, 0.6) is 5.75 Å². The Kier molecular flexibility index (Phi) is 6.67. The summed E-state index contributed by atoms with van der Waals surface area (Å²) in [5.74, 6) is -0.113. The fourth-order valence-corrected chi connectivity index (χ4v) is 2.84.